The van der Waals surface area contributed by atoms with Gasteiger partial charge in [-0.3, -0.25) is 10.3 Å². The molecule has 0 atom stereocenters. The highest BCUT2D eigenvalue weighted by molar-refractivity contribution is 7.19. The molecule has 122 valence electrons. The van der Waals surface area contributed by atoms with Gasteiger partial charge in [-0.2, -0.15) is 0 Å². The normalized spacial score (nSPS) is 20.8. The minimum Gasteiger partial charge on any atom is -0.282 e. The average molecular weight is 343 g/mol. The third kappa shape index (κ3) is 3.91. The Labute approximate surface area is 140 Å². The first-order valence-corrected chi connectivity index (χ1v) is 9.40. The second-order valence-corrected chi connectivity index (χ2v) is 7.71. The Kier molecular flexibility index (Phi) is 5.55. The zero-order valence-electron chi connectivity index (χ0n) is 12.8. The fraction of sp³-hybridized carbons (Fsp3) is 0.733. The molecule has 2 fully saturated rings. The predicted molar refractivity (Wildman–Crippen MR) is 90.3 cm³/mol. The third-order valence-electron chi connectivity index (χ3n) is 4.46. The topological polar surface area (TPSA) is 48.5 Å². The van der Waals surface area contributed by atoms with Gasteiger partial charge in [-0.1, -0.05) is 48.6 Å². The Hall–Kier alpha value is -0.850. The van der Waals surface area contributed by atoms with Gasteiger partial charge in [0.05, 0.1) is 12.2 Å². The first kappa shape index (κ1) is 16.0. The molecule has 0 spiro atoms. The van der Waals surface area contributed by atoms with Crippen LogP contribution < -0.4 is 5.32 Å². The summed E-state index contributed by atoms with van der Waals surface area (Å²) in [6.07, 6.45) is 11.1. The number of thiazole rings is 1. The fourth-order valence-electron chi connectivity index (χ4n) is 3.40. The lowest BCUT2D eigenvalue weighted by Crippen LogP contribution is -2.55. The van der Waals surface area contributed by atoms with E-state index in [1.807, 2.05) is 5.01 Å². The van der Waals surface area contributed by atoms with Gasteiger partial charge >= 0.3 is 6.03 Å². The van der Waals surface area contributed by atoms with E-state index in [2.05, 4.69) is 15.3 Å². The number of piperidine rings is 1. The molecule has 1 aliphatic carbocycles. The number of hydrogen-bond donors (Lipinski definition) is 1. The number of hydrazine groups is 1. The summed E-state index contributed by atoms with van der Waals surface area (Å²) in [6, 6.07) is 0.266. The number of aromatic nitrogens is 1. The molecule has 5 nitrogen and oxygen atoms in total. The van der Waals surface area contributed by atoms with Crippen molar-refractivity contribution in [1.82, 2.24) is 15.0 Å². The van der Waals surface area contributed by atoms with Crippen molar-refractivity contribution in [1.29, 1.82) is 0 Å². The molecule has 7 heteroatoms. The standard InChI is InChI=1S/C15H23ClN4OS/c16-13-11-17-14(22-13)18-15(21)20(12-7-3-1-4-8-12)19-9-5-2-6-10-19/h11-12H,1-10H2,(H,17,18,21). The molecule has 2 heterocycles. The summed E-state index contributed by atoms with van der Waals surface area (Å²) >= 11 is 7.21. The van der Waals surface area contributed by atoms with Crippen LogP contribution in [0.3, 0.4) is 0 Å². The SMILES string of the molecule is O=C(Nc1ncc(Cl)s1)N(C1CCCCC1)N1CCCCC1. The van der Waals surface area contributed by atoms with Gasteiger partial charge in [0.15, 0.2) is 5.13 Å². The smallest absolute Gasteiger partial charge is 0.282 e. The van der Waals surface area contributed by atoms with E-state index in [1.165, 1.54) is 49.9 Å². The highest BCUT2D eigenvalue weighted by atomic mass is 35.5. The number of nitrogens with one attached hydrogen (secondary N) is 1. The van der Waals surface area contributed by atoms with Crippen molar-refractivity contribution in [3.63, 3.8) is 0 Å². The van der Waals surface area contributed by atoms with Crippen LogP contribution in [0.4, 0.5) is 9.93 Å². The lowest BCUT2D eigenvalue weighted by molar-refractivity contribution is -0.0373. The molecule has 0 radical (unpaired) electrons. The highest BCUT2D eigenvalue weighted by Gasteiger charge is 2.31. The highest BCUT2D eigenvalue weighted by Crippen LogP contribution is 2.28. The number of nitrogens with zero attached hydrogens (tertiary/aromatic N) is 3. The summed E-state index contributed by atoms with van der Waals surface area (Å²) in [4.78, 5) is 17.0. The Morgan fingerprint density at radius 2 is 1.91 bits per heavy atom. The lowest BCUT2D eigenvalue weighted by Gasteiger charge is -2.43. The molecule has 2 amide bonds. The molecule has 0 bridgehead atoms. The average Bonchev–Trinajstić information content (AvgIpc) is 2.95. The second kappa shape index (κ2) is 7.62. The van der Waals surface area contributed by atoms with Crippen molar-refractivity contribution in [3.8, 4) is 0 Å². The van der Waals surface area contributed by atoms with E-state index in [-0.39, 0.29) is 6.03 Å². The van der Waals surface area contributed by atoms with Crippen molar-refractivity contribution in [2.24, 2.45) is 0 Å². The van der Waals surface area contributed by atoms with Crippen LogP contribution in [0.5, 0.6) is 0 Å². The van der Waals surface area contributed by atoms with Crippen LogP contribution in [-0.2, 0) is 0 Å². The number of carbonyl (C=O) groups excluding carboxylic acids is 1. The summed E-state index contributed by atoms with van der Waals surface area (Å²) in [5, 5.41) is 7.72. The van der Waals surface area contributed by atoms with Crippen LogP contribution >= 0.6 is 22.9 Å². The number of amides is 2. The van der Waals surface area contributed by atoms with E-state index in [9.17, 15) is 4.79 Å². The van der Waals surface area contributed by atoms with E-state index >= 15 is 0 Å². The fourth-order valence-corrected chi connectivity index (χ4v) is 4.21. The number of rotatable bonds is 3. The van der Waals surface area contributed by atoms with Crippen LogP contribution in [-0.4, -0.2) is 40.2 Å². The van der Waals surface area contributed by atoms with Gasteiger partial charge in [0.1, 0.15) is 4.34 Å². The molecule has 1 N–H and O–H groups in total. The maximum atomic E-state index is 12.8. The van der Waals surface area contributed by atoms with Gasteiger partial charge < -0.3 is 0 Å². The Morgan fingerprint density at radius 3 is 2.55 bits per heavy atom. The van der Waals surface area contributed by atoms with Crippen molar-refractivity contribution in [3.05, 3.63) is 10.5 Å². The molecule has 22 heavy (non-hydrogen) atoms. The predicted octanol–water partition coefficient (Wildman–Crippen LogP) is 4.36. The number of urea groups is 1. The van der Waals surface area contributed by atoms with Crippen molar-refractivity contribution >= 4 is 34.1 Å². The van der Waals surface area contributed by atoms with Gasteiger partial charge in [0.25, 0.3) is 0 Å². The zero-order chi connectivity index (χ0) is 15.4. The summed E-state index contributed by atoms with van der Waals surface area (Å²) in [7, 11) is 0. The molecule has 1 saturated heterocycles. The molecule has 1 saturated carbocycles. The molecule has 3 rings (SSSR count). The van der Waals surface area contributed by atoms with E-state index in [0.717, 1.165) is 25.9 Å². The summed E-state index contributed by atoms with van der Waals surface area (Å²) in [6.45, 7) is 1.95. The first-order valence-electron chi connectivity index (χ1n) is 8.20. The first-order chi connectivity index (χ1) is 10.7. The molecule has 1 aliphatic heterocycles. The molecular weight excluding hydrogens is 320 g/mol. The Bertz CT molecular complexity index is 479. The van der Waals surface area contributed by atoms with Gasteiger partial charge in [-0.25, -0.2) is 14.8 Å². The van der Waals surface area contributed by atoms with Gasteiger partial charge in [-0.05, 0) is 25.7 Å². The van der Waals surface area contributed by atoms with E-state index in [1.54, 1.807) is 6.20 Å². The molecule has 2 aliphatic rings. The number of carbonyl (C=O) groups is 1. The second-order valence-electron chi connectivity index (χ2n) is 6.05. The Balaban J connectivity index is 1.72. The molecule has 1 aromatic rings. The molecule has 0 unspecified atom stereocenters. The third-order valence-corrected chi connectivity index (χ3v) is 5.49. The van der Waals surface area contributed by atoms with Crippen LogP contribution in [0.25, 0.3) is 0 Å². The maximum absolute atomic E-state index is 12.8. The number of halogens is 1. The monoisotopic (exact) mass is 342 g/mol. The molecular formula is C15H23ClN4OS. The van der Waals surface area contributed by atoms with E-state index in [4.69, 9.17) is 11.6 Å². The quantitative estimate of drug-likeness (QED) is 0.887. The number of anilines is 1. The lowest BCUT2D eigenvalue weighted by atomic mass is 9.95. The van der Waals surface area contributed by atoms with E-state index in [0.29, 0.717) is 15.5 Å². The summed E-state index contributed by atoms with van der Waals surface area (Å²) < 4.78 is 0.595. The van der Waals surface area contributed by atoms with Crippen LogP contribution in [0.1, 0.15) is 51.4 Å². The largest absolute Gasteiger partial charge is 0.338 e. The van der Waals surface area contributed by atoms with Crippen LogP contribution in [0.2, 0.25) is 4.34 Å². The van der Waals surface area contributed by atoms with Gasteiger partial charge in [0.2, 0.25) is 0 Å². The van der Waals surface area contributed by atoms with Gasteiger partial charge in [0, 0.05) is 13.1 Å². The Morgan fingerprint density at radius 1 is 1.23 bits per heavy atom. The zero-order valence-corrected chi connectivity index (χ0v) is 14.3. The maximum Gasteiger partial charge on any atom is 0.338 e. The van der Waals surface area contributed by atoms with Crippen molar-refractivity contribution in [2.45, 2.75) is 57.4 Å². The number of hydrogen-bond acceptors (Lipinski definition) is 4. The molecule has 1 aromatic heterocycles. The summed E-state index contributed by atoms with van der Waals surface area (Å²) in [5.41, 5.74) is 0. The van der Waals surface area contributed by atoms with Crippen LogP contribution in [0.15, 0.2) is 6.20 Å². The minimum atomic E-state index is -0.0557. The van der Waals surface area contributed by atoms with Gasteiger partial charge in [-0.15, -0.1) is 0 Å². The minimum absolute atomic E-state index is 0.0557. The van der Waals surface area contributed by atoms with Crippen LogP contribution in [0, 0.1) is 0 Å². The summed E-state index contributed by atoms with van der Waals surface area (Å²) in [5.74, 6) is 0. The van der Waals surface area contributed by atoms with Crippen molar-refractivity contribution in [2.75, 3.05) is 18.4 Å². The van der Waals surface area contributed by atoms with Crippen molar-refractivity contribution < 1.29 is 4.79 Å². The molecule has 0 aromatic carbocycles. The van der Waals surface area contributed by atoms with E-state index < -0.39 is 0 Å².